The van der Waals surface area contributed by atoms with Gasteiger partial charge in [-0.15, -0.1) is 0 Å². The van der Waals surface area contributed by atoms with E-state index in [-0.39, 0.29) is 0 Å². The molecule has 0 saturated heterocycles. The van der Waals surface area contributed by atoms with E-state index in [2.05, 4.69) is 28.8 Å². The van der Waals surface area contributed by atoms with Crippen LogP contribution in [0.3, 0.4) is 0 Å². The molecule has 5 nitrogen and oxygen atoms in total. The van der Waals surface area contributed by atoms with Gasteiger partial charge in [0.15, 0.2) is 11.6 Å². The smallest absolute Gasteiger partial charge is 0.178 e. The number of unbranched alkanes of at least 4 members (excludes halogenated alkanes) is 13. The molecule has 33 heavy (non-hydrogen) atoms. The molecule has 0 fully saturated rings. The minimum absolute atomic E-state index is 0.604. The molecule has 5 heteroatoms. The van der Waals surface area contributed by atoms with Crippen LogP contribution >= 0.6 is 0 Å². The summed E-state index contributed by atoms with van der Waals surface area (Å²) < 4.78 is 11.6. The average molecular weight is 456 g/mol. The molecule has 0 spiro atoms. The molecule has 2 heterocycles. The molecule has 0 atom stereocenters. The number of hydrogen-bond donors (Lipinski definition) is 0. The number of nitrogens with zero attached hydrogens (tertiary/aromatic N) is 3. The molecular weight excluding hydrogens is 410 g/mol. The number of rotatable bonds is 20. The molecule has 2 aromatic heterocycles. The molecule has 0 bridgehead atoms. The summed E-state index contributed by atoms with van der Waals surface area (Å²) in [5, 5.41) is 0. The first-order valence-corrected chi connectivity index (χ1v) is 13.4. The summed E-state index contributed by atoms with van der Waals surface area (Å²) in [7, 11) is 0. The monoisotopic (exact) mass is 455 g/mol. The Hall–Kier alpha value is -2.17. The maximum atomic E-state index is 5.80. The van der Waals surface area contributed by atoms with Crippen LogP contribution in [-0.2, 0) is 0 Å². The predicted octanol–water partition coefficient (Wildman–Crippen LogP) is 8.19. The van der Waals surface area contributed by atoms with Crippen molar-refractivity contribution >= 4 is 0 Å². The van der Waals surface area contributed by atoms with Crippen LogP contribution in [0, 0.1) is 0 Å². The number of aromatic nitrogens is 3. The van der Waals surface area contributed by atoms with Crippen LogP contribution < -0.4 is 9.47 Å². The van der Waals surface area contributed by atoms with Crippen LogP contribution in [0.15, 0.2) is 30.7 Å². The third-order valence-electron chi connectivity index (χ3n) is 5.88. The topological polar surface area (TPSA) is 57.1 Å². The molecule has 2 aromatic rings. The molecule has 0 N–H and O–H groups in total. The van der Waals surface area contributed by atoms with Gasteiger partial charge in [-0.2, -0.15) is 0 Å². The van der Waals surface area contributed by atoms with Crippen molar-refractivity contribution in [3.05, 3.63) is 30.7 Å². The largest absolute Gasteiger partial charge is 0.492 e. The molecule has 0 aromatic carbocycles. The third-order valence-corrected chi connectivity index (χ3v) is 5.88. The van der Waals surface area contributed by atoms with Gasteiger partial charge in [0.1, 0.15) is 11.4 Å². The number of pyridine rings is 1. The Morgan fingerprint density at radius 1 is 0.515 bits per heavy atom. The average Bonchev–Trinajstić information content (AvgIpc) is 2.85. The molecule has 184 valence electrons. The van der Waals surface area contributed by atoms with E-state index in [0.717, 1.165) is 43.2 Å². The van der Waals surface area contributed by atoms with Crippen molar-refractivity contribution in [2.45, 2.75) is 110 Å². The number of ether oxygens (including phenoxy) is 2. The van der Waals surface area contributed by atoms with Crippen molar-refractivity contribution in [2.24, 2.45) is 0 Å². The lowest BCUT2D eigenvalue weighted by atomic mass is 10.1. The van der Waals surface area contributed by atoms with Gasteiger partial charge in [0.25, 0.3) is 0 Å². The zero-order valence-electron chi connectivity index (χ0n) is 21.1. The van der Waals surface area contributed by atoms with Gasteiger partial charge in [0.05, 0.1) is 31.8 Å². The van der Waals surface area contributed by atoms with Crippen molar-refractivity contribution in [2.75, 3.05) is 13.2 Å². The van der Waals surface area contributed by atoms with E-state index in [1.54, 1.807) is 18.6 Å². The first-order valence-electron chi connectivity index (χ1n) is 13.4. The fourth-order valence-corrected chi connectivity index (χ4v) is 3.80. The molecule has 0 radical (unpaired) electrons. The Labute approximate surface area is 201 Å². The molecule has 0 unspecified atom stereocenters. The maximum absolute atomic E-state index is 5.80. The predicted molar refractivity (Wildman–Crippen MR) is 137 cm³/mol. The van der Waals surface area contributed by atoms with Crippen LogP contribution in [0.25, 0.3) is 11.5 Å². The first kappa shape index (κ1) is 27.1. The van der Waals surface area contributed by atoms with Gasteiger partial charge in [0.2, 0.25) is 0 Å². The second kappa shape index (κ2) is 18.3. The fraction of sp³-hybridized carbons (Fsp3) is 0.679. The molecule has 0 aliphatic heterocycles. The molecule has 0 saturated carbocycles. The third kappa shape index (κ3) is 12.6. The zero-order valence-corrected chi connectivity index (χ0v) is 21.1. The Kier molecular flexibility index (Phi) is 15.0. The van der Waals surface area contributed by atoms with E-state index in [1.165, 1.54) is 83.5 Å². The molecule has 0 amide bonds. The van der Waals surface area contributed by atoms with E-state index in [1.807, 2.05) is 12.1 Å². The second-order valence-corrected chi connectivity index (χ2v) is 8.91. The Morgan fingerprint density at radius 2 is 0.970 bits per heavy atom. The van der Waals surface area contributed by atoms with Crippen molar-refractivity contribution < 1.29 is 9.47 Å². The summed E-state index contributed by atoms with van der Waals surface area (Å²) in [5.74, 6) is 2.12. The highest BCUT2D eigenvalue weighted by molar-refractivity contribution is 5.49. The van der Waals surface area contributed by atoms with Crippen molar-refractivity contribution in [1.82, 2.24) is 15.0 Å². The van der Waals surface area contributed by atoms with Crippen LogP contribution in [0.1, 0.15) is 110 Å². The van der Waals surface area contributed by atoms with E-state index in [4.69, 9.17) is 9.47 Å². The summed E-state index contributed by atoms with van der Waals surface area (Å²) in [6.07, 6.45) is 24.6. The van der Waals surface area contributed by atoms with Gasteiger partial charge in [-0.25, -0.2) is 15.0 Å². The molecular formula is C28H45N3O2. The lowest BCUT2D eigenvalue weighted by Crippen LogP contribution is -2.00. The van der Waals surface area contributed by atoms with Gasteiger partial charge >= 0.3 is 0 Å². The van der Waals surface area contributed by atoms with Crippen LogP contribution in [0.2, 0.25) is 0 Å². The van der Waals surface area contributed by atoms with Crippen molar-refractivity contribution in [3.63, 3.8) is 0 Å². The van der Waals surface area contributed by atoms with Gasteiger partial charge in [-0.1, -0.05) is 97.3 Å². The summed E-state index contributed by atoms with van der Waals surface area (Å²) in [6.45, 7) is 5.97. The lowest BCUT2D eigenvalue weighted by molar-refractivity contribution is 0.302. The highest BCUT2D eigenvalue weighted by Crippen LogP contribution is 2.18. The quantitative estimate of drug-likeness (QED) is 0.188. The van der Waals surface area contributed by atoms with E-state index >= 15 is 0 Å². The lowest BCUT2D eigenvalue weighted by Gasteiger charge is -2.07. The Morgan fingerprint density at radius 3 is 1.45 bits per heavy atom. The summed E-state index contributed by atoms with van der Waals surface area (Å²) in [6, 6.07) is 3.85. The SMILES string of the molecule is CCCCCCCCCCCCOc1cnc(-c2ccc(OCCCCCCC)cn2)nc1. The minimum atomic E-state index is 0.604. The van der Waals surface area contributed by atoms with Gasteiger partial charge < -0.3 is 9.47 Å². The van der Waals surface area contributed by atoms with E-state index in [9.17, 15) is 0 Å². The molecule has 2 rings (SSSR count). The van der Waals surface area contributed by atoms with Crippen LogP contribution in [0.5, 0.6) is 11.5 Å². The Bertz CT molecular complexity index is 704. The Balaban J connectivity index is 1.57. The standard InChI is InChI=1S/C28H45N3O2/c1-3-5-7-9-10-11-12-13-15-17-21-33-26-23-30-28(31-24-26)27-19-18-25(22-29-27)32-20-16-14-8-6-4-2/h18-19,22-24H,3-17,20-21H2,1-2H3. The number of hydrogen-bond acceptors (Lipinski definition) is 5. The normalized spacial score (nSPS) is 11.0. The van der Waals surface area contributed by atoms with Crippen molar-refractivity contribution in [1.29, 1.82) is 0 Å². The first-order chi connectivity index (χ1) is 16.3. The van der Waals surface area contributed by atoms with Gasteiger partial charge in [0, 0.05) is 0 Å². The highest BCUT2D eigenvalue weighted by atomic mass is 16.5. The van der Waals surface area contributed by atoms with E-state index < -0.39 is 0 Å². The van der Waals surface area contributed by atoms with E-state index in [0.29, 0.717) is 5.82 Å². The molecule has 0 aliphatic rings. The molecule has 0 aliphatic carbocycles. The van der Waals surface area contributed by atoms with Crippen molar-refractivity contribution in [3.8, 4) is 23.0 Å². The summed E-state index contributed by atoms with van der Waals surface area (Å²) in [5.41, 5.74) is 0.742. The fourth-order valence-electron chi connectivity index (χ4n) is 3.80. The summed E-state index contributed by atoms with van der Waals surface area (Å²) >= 11 is 0. The zero-order chi connectivity index (χ0) is 23.4. The van der Waals surface area contributed by atoms with Crippen LogP contribution in [-0.4, -0.2) is 28.2 Å². The van der Waals surface area contributed by atoms with Crippen LogP contribution in [0.4, 0.5) is 0 Å². The highest BCUT2D eigenvalue weighted by Gasteiger charge is 2.05. The minimum Gasteiger partial charge on any atom is -0.492 e. The second-order valence-electron chi connectivity index (χ2n) is 8.91. The van der Waals surface area contributed by atoms with Gasteiger partial charge in [-0.3, -0.25) is 0 Å². The summed E-state index contributed by atoms with van der Waals surface area (Å²) in [4.78, 5) is 13.3. The maximum Gasteiger partial charge on any atom is 0.178 e. The van der Waals surface area contributed by atoms with Gasteiger partial charge in [-0.05, 0) is 25.0 Å².